The standard InChI is InChI=1S/C15H29N5S/c1-5-20(6-2)11-7-9-17-15(16-4)18-10-8-14-19-12-13(3)21-14/h12H,5-11H2,1-4H3,(H2,16,17,18). The van der Waals surface area contributed by atoms with E-state index in [1.807, 2.05) is 13.2 Å². The molecule has 5 nitrogen and oxygen atoms in total. The van der Waals surface area contributed by atoms with Gasteiger partial charge in [-0.05, 0) is 33.0 Å². The molecule has 6 heteroatoms. The summed E-state index contributed by atoms with van der Waals surface area (Å²) in [6.07, 6.45) is 4.01. The fourth-order valence-corrected chi connectivity index (χ4v) is 2.86. The van der Waals surface area contributed by atoms with E-state index >= 15 is 0 Å². The molecule has 1 heterocycles. The Bertz CT molecular complexity index is 412. The molecular weight excluding hydrogens is 282 g/mol. The lowest BCUT2D eigenvalue weighted by atomic mass is 10.3. The summed E-state index contributed by atoms with van der Waals surface area (Å²) in [5.41, 5.74) is 0. The number of nitrogens with zero attached hydrogens (tertiary/aromatic N) is 3. The summed E-state index contributed by atoms with van der Waals surface area (Å²) in [7, 11) is 1.81. The molecule has 2 N–H and O–H groups in total. The maximum absolute atomic E-state index is 4.36. The highest BCUT2D eigenvalue weighted by atomic mass is 32.1. The number of aryl methyl sites for hydroxylation is 1. The third kappa shape index (κ3) is 7.43. The number of rotatable bonds is 9. The topological polar surface area (TPSA) is 52.5 Å². The van der Waals surface area contributed by atoms with Crippen molar-refractivity contribution in [3.05, 3.63) is 16.1 Å². The van der Waals surface area contributed by atoms with Gasteiger partial charge in [-0.1, -0.05) is 13.8 Å². The lowest BCUT2D eigenvalue weighted by Crippen LogP contribution is -2.39. The Kier molecular flexibility index (Phi) is 9.01. The molecular formula is C15H29N5S. The molecule has 0 atom stereocenters. The third-order valence-corrected chi connectivity index (χ3v) is 4.33. The van der Waals surface area contributed by atoms with E-state index in [1.165, 1.54) is 9.88 Å². The Labute approximate surface area is 132 Å². The third-order valence-electron chi connectivity index (χ3n) is 3.36. The van der Waals surface area contributed by atoms with Crippen molar-refractivity contribution in [2.24, 2.45) is 4.99 Å². The number of hydrogen-bond donors (Lipinski definition) is 2. The molecule has 1 aromatic rings. The second kappa shape index (κ2) is 10.6. The molecule has 0 saturated carbocycles. The average Bonchev–Trinajstić information content (AvgIpc) is 2.91. The van der Waals surface area contributed by atoms with Crippen LogP contribution in [0.15, 0.2) is 11.2 Å². The predicted molar refractivity (Wildman–Crippen MR) is 92.3 cm³/mol. The molecule has 0 saturated heterocycles. The normalized spacial score (nSPS) is 12.0. The van der Waals surface area contributed by atoms with Crippen molar-refractivity contribution in [3.8, 4) is 0 Å². The van der Waals surface area contributed by atoms with Gasteiger partial charge in [0.15, 0.2) is 5.96 Å². The highest BCUT2D eigenvalue weighted by Gasteiger charge is 2.02. The van der Waals surface area contributed by atoms with Crippen LogP contribution in [0.4, 0.5) is 0 Å². The Morgan fingerprint density at radius 2 is 2.00 bits per heavy atom. The van der Waals surface area contributed by atoms with Crippen LogP contribution in [0.25, 0.3) is 0 Å². The van der Waals surface area contributed by atoms with E-state index in [0.29, 0.717) is 0 Å². The highest BCUT2D eigenvalue weighted by molar-refractivity contribution is 7.11. The lowest BCUT2D eigenvalue weighted by molar-refractivity contribution is 0.300. The van der Waals surface area contributed by atoms with E-state index in [2.05, 4.69) is 46.3 Å². The fraction of sp³-hybridized carbons (Fsp3) is 0.733. The van der Waals surface area contributed by atoms with Crippen LogP contribution in [-0.4, -0.2) is 55.6 Å². The first-order chi connectivity index (χ1) is 10.2. The maximum Gasteiger partial charge on any atom is 0.190 e. The summed E-state index contributed by atoms with van der Waals surface area (Å²) < 4.78 is 0. The van der Waals surface area contributed by atoms with Crippen LogP contribution in [0.2, 0.25) is 0 Å². The van der Waals surface area contributed by atoms with Crippen LogP contribution >= 0.6 is 11.3 Å². The van der Waals surface area contributed by atoms with E-state index in [0.717, 1.165) is 51.5 Å². The second-order valence-electron chi connectivity index (χ2n) is 4.92. The van der Waals surface area contributed by atoms with Gasteiger partial charge >= 0.3 is 0 Å². The van der Waals surface area contributed by atoms with Gasteiger partial charge in [-0.25, -0.2) is 4.98 Å². The minimum absolute atomic E-state index is 0.864. The Hall–Kier alpha value is -1.14. The predicted octanol–water partition coefficient (Wildman–Crippen LogP) is 1.89. The lowest BCUT2D eigenvalue weighted by Gasteiger charge is -2.18. The first-order valence-corrected chi connectivity index (χ1v) is 8.59. The molecule has 0 radical (unpaired) electrons. The van der Waals surface area contributed by atoms with Crippen molar-refractivity contribution in [1.82, 2.24) is 20.5 Å². The molecule has 0 spiro atoms. The Morgan fingerprint density at radius 1 is 1.29 bits per heavy atom. The van der Waals surface area contributed by atoms with Gasteiger partial charge in [-0.15, -0.1) is 11.3 Å². The number of hydrogen-bond acceptors (Lipinski definition) is 4. The fourth-order valence-electron chi connectivity index (χ4n) is 2.07. The molecule has 0 unspecified atom stereocenters. The molecule has 0 aliphatic heterocycles. The number of aromatic nitrogens is 1. The van der Waals surface area contributed by atoms with Gasteiger partial charge in [0, 0.05) is 37.6 Å². The van der Waals surface area contributed by atoms with E-state index in [1.54, 1.807) is 11.3 Å². The average molecular weight is 311 g/mol. The molecule has 0 amide bonds. The van der Waals surface area contributed by atoms with Crippen LogP contribution in [0.5, 0.6) is 0 Å². The van der Waals surface area contributed by atoms with E-state index in [-0.39, 0.29) is 0 Å². The van der Waals surface area contributed by atoms with Crippen molar-refractivity contribution >= 4 is 17.3 Å². The second-order valence-corrected chi connectivity index (χ2v) is 6.24. The van der Waals surface area contributed by atoms with Crippen LogP contribution < -0.4 is 10.6 Å². The molecule has 0 fully saturated rings. The van der Waals surface area contributed by atoms with Crippen molar-refractivity contribution < 1.29 is 0 Å². The zero-order chi connectivity index (χ0) is 15.5. The van der Waals surface area contributed by atoms with Gasteiger partial charge in [-0.3, -0.25) is 4.99 Å². The van der Waals surface area contributed by atoms with Crippen molar-refractivity contribution in [1.29, 1.82) is 0 Å². The highest BCUT2D eigenvalue weighted by Crippen LogP contribution is 2.10. The zero-order valence-corrected chi connectivity index (χ0v) is 14.6. The first kappa shape index (κ1) is 17.9. The Balaban J connectivity index is 2.14. The van der Waals surface area contributed by atoms with Gasteiger partial charge in [-0.2, -0.15) is 0 Å². The van der Waals surface area contributed by atoms with Crippen molar-refractivity contribution in [3.63, 3.8) is 0 Å². The number of aliphatic imine (C=N–C) groups is 1. The van der Waals surface area contributed by atoms with Crippen LogP contribution in [0.1, 0.15) is 30.2 Å². The van der Waals surface area contributed by atoms with Crippen molar-refractivity contribution in [2.45, 2.75) is 33.6 Å². The number of thiazole rings is 1. The Morgan fingerprint density at radius 3 is 2.57 bits per heavy atom. The monoisotopic (exact) mass is 311 g/mol. The molecule has 1 aromatic heterocycles. The van der Waals surface area contributed by atoms with Crippen LogP contribution in [0.3, 0.4) is 0 Å². The molecule has 0 aliphatic rings. The van der Waals surface area contributed by atoms with Crippen molar-refractivity contribution in [2.75, 3.05) is 39.8 Å². The smallest absolute Gasteiger partial charge is 0.190 e. The maximum atomic E-state index is 4.36. The van der Waals surface area contributed by atoms with Gasteiger partial charge in [0.25, 0.3) is 0 Å². The molecule has 120 valence electrons. The SMILES string of the molecule is CCN(CC)CCCNC(=NC)NCCc1ncc(C)s1. The molecule has 0 bridgehead atoms. The first-order valence-electron chi connectivity index (χ1n) is 7.77. The summed E-state index contributed by atoms with van der Waals surface area (Å²) in [5, 5.41) is 7.87. The largest absolute Gasteiger partial charge is 0.356 e. The minimum atomic E-state index is 0.864. The molecule has 0 aromatic carbocycles. The van der Waals surface area contributed by atoms with E-state index in [4.69, 9.17) is 0 Å². The molecule has 0 aliphatic carbocycles. The van der Waals surface area contributed by atoms with Gasteiger partial charge in [0.05, 0.1) is 5.01 Å². The zero-order valence-electron chi connectivity index (χ0n) is 13.8. The van der Waals surface area contributed by atoms with Crippen LogP contribution in [0, 0.1) is 6.92 Å². The van der Waals surface area contributed by atoms with Gasteiger partial charge in [0.2, 0.25) is 0 Å². The van der Waals surface area contributed by atoms with E-state index in [9.17, 15) is 0 Å². The van der Waals surface area contributed by atoms with Gasteiger partial charge < -0.3 is 15.5 Å². The van der Waals surface area contributed by atoms with Gasteiger partial charge in [0.1, 0.15) is 0 Å². The summed E-state index contributed by atoms with van der Waals surface area (Å²) in [4.78, 5) is 12.3. The summed E-state index contributed by atoms with van der Waals surface area (Å²) in [6, 6.07) is 0. The molecule has 1 rings (SSSR count). The summed E-state index contributed by atoms with van der Waals surface area (Å²) in [5.74, 6) is 0.878. The number of guanidine groups is 1. The summed E-state index contributed by atoms with van der Waals surface area (Å²) >= 11 is 1.76. The summed E-state index contributed by atoms with van der Waals surface area (Å²) in [6.45, 7) is 11.7. The van der Waals surface area contributed by atoms with E-state index < -0.39 is 0 Å². The van der Waals surface area contributed by atoms with Crippen LogP contribution in [-0.2, 0) is 6.42 Å². The quantitative estimate of drug-likeness (QED) is 0.415. The minimum Gasteiger partial charge on any atom is -0.356 e. The molecule has 21 heavy (non-hydrogen) atoms. The number of nitrogens with one attached hydrogen (secondary N) is 2.